The van der Waals surface area contributed by atoms with Crippen LogP contribution in [-0.2, 0) is 19.6 Å². The summed E-state index contributed by atoms with van der Waals surface area (Å²) < 4.78 is 25.1. The van der Waals surface area contributed by atoms with Crippen LogP contribution in [0.1, 0.15) is 52.9 Å². The molecule has 0 spiro atoms. The normalized spacial score (nSPS) is 13.6. The highest BCUT2D eigenvalue weighted by Gasteiger charge is 2.33. The SMILES string of the molecule is CC(C)(C)C(NS(C)(=O)=O)C(=O)NCCCCCCC(=O)O. The van der Waals surface area contributed by atoms with Gasteiger partial charge in [-0.15, -0.1) is 0 Å². The third-order valence-electron chi connectivity index (χ3n) is 3.08. The van der Waals surface area contributed by atoms with Crippen molar-refractivity contribution in [3.05, 3.63) is 0 Å². The van der Waals surface area contributed by atoms with E-state index in [0.717, 1.165) is 25.5 Å². The molecule has 0 fully saturated rings. The molecule has 0 aromatic rings. The van der Waals surface area contributed by atoms with Gasteiger partial charge in [-0.1, -0.05) is 33.6 Å². The Morgan fingerprint density at radius 1 is 1.09 bits per heavy atom. The molecule has 3 N–H and O–H groups in total. The van der Waals surface area contributed by atoms with Crippen LogP contribution in [0.4, 0.5) is 0 Å². The average Bonchev–Trinajstić information content (AvgIpc) is 2.31. The van der Waals surface area contributed by atoms with Gasteiger partial charge in [-0.2, -0.15) is 0 Å². The van der Waals surface area contributed by atoms with E-state index in [1.807, 2.05) is 0 Å². The van der Waals surface area contributed by atoms with E-state index in [1.165, 1.54) is 0 Å². The van der Waals surface area contributed by atoms with E-state index in [4.69, 9.17) is 5.11 Å². The number of hydrogen-bond donors (Lipinski definition) is 3. The van der Waals surface area contributed by atoms with Crippen LogP contribution in [0.3, 0.4) is 0 Å². The minimum Gasteiger partial charge on any atom is -0.481 e. The second kappa shape index (κ2) is 9.09. The predicted octanol–water partition coefficient (Wildman–Crippen LogP) is 1.10. The Kier molecular flexibility index (Phi) is 8.62. The summed E-state index contributed by atoms with van der Waals surface area (Å²) in [7, 11) is -3.47. The maximum atomic E-state index is 12.1. The van der Waals surface area contributed by atoms with Gasteiger partial charge in [0.25, 0.3) is 0 Å². The van der Waals surface area contributed by atoms with Crippen molar-refractivity contribution >= 4 is 21.9 Å². The fourth-order valence-corrected chi connectivity index (χ4v) is 2.79. The molecule has 0 aliphatic rings. The Hall–Kier alpha value is -1.15. The lowest BCUT2D eigenvalue weighted by atomic mass is 9.87. The van der Waals surface area contributed by atoms with Gasteiger partial charge >= 0.3 is 5.97 Å². The Bertz CT molecular complexity index is 468. The second-order valence-corrected chi connectivity index (χ2v) is 8.32. The molecule has 0 radical (unpaired) electrons. The molecule has 0 aromatic carbocycles. The number of carboxylic acid groups (broad SMARTS) is 1. The zero-order valence-electron chi connectivity index (χ0n) is 13.8. The summed E-state index contributed by atoms with van der Waals surface area (Å²) in [5, 5.41) is 11.2. The molecule has 0 aliphatic heterocycles. The summed E-state index contributed by atoms with van der Waals surface area (Å²) in [5.74, 6) is -1.14. The van der Waals surface area contributed by atoms with Gasteiger partial charge in [-0.3, -0.25) is 9.59 Å². The summed E-state index contributed by atoms with van der Waals surface area (Å²) in [6, 6.07) is -0.825. The first-order valence-electron chi connectivity index (χ1n) is 7.40. The smallest absolute Gasteiger partial charge is 0.303 e. The van der Waals surface area contributed by atoms with Crippen molar-refractivity contribution in [1.82, 2.24) is 10.0 Å². The van der Waals surface area contributed by atoms with Crippen molar-refractivity contribution in [2.45, 2.75) is 58.9 Å². The van der Waals surface area contributed by atoms with Gasteiger partial charge in [0, 0.05) is 13.0 Å². The van der Waals surface area contributed by atoms with Gasteiger partial charge in [0.05, 0.1) is 6.26 Å². The first-order chi connectivity index (χ1) is 9.93. The van der Waals surface area contributed by atoms with Crippen molar-refractivity contribution in [3.63, 3.8) is 0 Å². The van der Waals surface area contributed by atoms with E-state index in [2.05, 4.69) is 10.0 Å². The van der Waals surface area contributed by atoms with E-state index in [1.54, 1.807) is 20.8 Å². The number of carboxylic acids is 1. The van der Waals surface area contributed by atoms with Crippen LogP contribution in [0, 0.1) is 5.41 Å². The molecule has 0 heterocycles. The highest BCUT2D eigenvalue weighted by atomic mass is 32.2. The van der Waals surface area contributed by atoms with Crippen LogP contribution in [0.2, 0.25) is 0 Å². The average molecular weight is 336 g/mol. The van der Waals surface area contributed by atoms with Crippen molar-refractivity contribution < 1.29 is 23.1 Å². The number of rotatable bonds is 10. The molecule has 130 valence electrons. The molecule has 22 heavy (non-hydrogen) atoms. The Labute approximate surface area is 132 Å². The molecule has 0 aromatic heterocycles. The van der Waals surface area contributed by atoms with E-state index in [-0.39, 0.29) is 12.3 Å². The summed E-state index contributed by atoms with van der Waals surface area (Å²) in [6.45, 7) is 5.83. The number of nitrogens with one attached hydrogen (secondary N) is 2. The largest absolute Gasteiger partial charge is 0.481 e. The van der Waals surface area contributed by atoms with E-state index in [9.17, 15) is 18.0 Å². The minimum absolute atomic E-state index is 0.163. The summed E-state index contributed by atoms with van der Waals surface area (Å²) in [5.41, 5.74) is -0.533. The van der Waals surface area contributed by atoms with Crippen molar-refractivity contribution in [2.24, 2.45) is 5.41 Å². The van der Waals surface area contributed by atoms with Gasteiger partial charge < -0.3 is 10.4 Å². The third-order valence-corrected chi connectivity index (χ3v) is 3.74. The molecule has 7 nitrogen and oxygen atoms in total. The molecule has 1 unspecified atom stereocenters. The van der Waals surface area contributed by atoms with Crippen molar-refractivity contribution in [3.8, 4) is 0 Å². The molecule has 0 saturated heterocycles. The number of aliphatic carboxylic acids is 1. The van der Waals surface area contributed by atoms with E-state index >= 15 is 0 Å². The maximum absolute atomic E-state index is 12.1. The molecule has 1 atom stereocenters. The van der Waals surface area contributed by atoms with Crippen LogP contribution >= 0.6 is 0 Å². The number of unbranched alkanes of at least 4 members (excludes halogenated alkanes) is 3. The standard InChI is InChI=1S/C14H28N2O5S/c1-14(2,3)12(16-22(4,20)21)13(19)15-10-8-6-5-7-9-11(17)18/h12,16H,5-10H2,1-4H3,(H,15,19)(H,17,18). The van der Waals surface area contributed by atoms with Crippen LogP contribution in [0.25, 0.3) is 0 Å². The maximum Gasteiger partial charge on any atom is 0.303 e. The Morgan fingerprint density at radius 3 is 2.09 bits per heavy atom. The predicted molar refractivity (Wildman–Crippen MR) is 85.0 cm³/mol. The topological polar surface area (TPSA) is 113 Å². The molecule has 8 heteroatoms. The Morgan fingerprint density at radius 2 is 1.64 bits per heavy atom. The zero-order chi connectivity index (χ0) is 17.4. The summed E-state index contributed by atoms with van der Waals surface area (Å²) in [4.78, 5) is 22.5. The fraction of sp³-hybridized carbons (Fsp3) is 0.857. The van der Waals surface area contributed by atoms with Gasteiger partial charge in [0.15, 0.2) is 0 Å². The third kappa shape index (κ3) is 10.6. The van der Waals surface area contributed by atoms with Gasteiger partial charge in [-0.25, -0.2) is 13.1 Å². The van der Waals surface area contributed by atoms with Crippen LogP contribution in [0.5, 0.6) is 0 Å². The lowest BCUT2D eigenvalue weighted by molar-refractivity contribution is -0.137. The second-order valence-electron chi connectivity index (χ2n) is 6.54. The van der Waals surface area contributed by atoms with Gasteiger partial charge in [0.2, 0.25) is 15.9 Å². The molecule has 0 aliphatic carbocycles. The van der Waals surface area contributed by atoms with Gasteiger partial charge in [-0.05, 0) is 18.3 Å². The van der Waals surface area contributed by atoms with Gasteiger partial charge in [0.1, 0.15) is 6.04 Å². The fourth-order valence-electron chi connectivity index (χ4n) is 1.91. The molecular formula is C14H28N2O5S. The number of amides is 1. The zero-order valence-corrected chi connectivity index (χ0v) is 14.6. The molecule has 0 bridgehead atoms. The number of sulfonamides is 1. The van der Waals surface area contributed by atoms with E-state index < -0.39 is 27.4 Å². The number of hydrogen-bond acceptors (Lipinski definition) is 4. The highest BCUT2D eigenvalue weighted by molar-refractivity contribution is 7.88. The summed E-state index contributed by atoms with van der Waals surface area (Å²) in [6.07, 6.45) is 4.18. The molecular weight excluding hydrogens is 308 g/mol. The first-order valence-corrected chi connectivity index (χ1v) is 9.29. The van der Waals surface area contributed by atoms with Crippen LogP contribution in [0.15, 0.2) is 0 Å². The Balaban J connectivity index is 4.17. The van der Waals surface area contributed by atoms with Crippen LogP contribution < -0.4 is 10.0 Å². The van der Waals surface area contributed by atoms with E-state index in [0.29, 0.717) is 13.0 Å². The number of carbonyl (C=O) groups excluding carboxylic acids is 1. The van der Waals surface area contributed by atoms with Crippen LogP contribution in [-0.4, -0.2) is 44.2 Å². The van der Waals surface area contributed by atoms with Crippen molar-refractivity contribution in [2.75, 3.05) is 12.8 Å². The number of carbonyl (C=O) groups is 2. The molecule has 1 amide bonds. The first kappa shape index (κ1) is 20.9. The monoisotopic (exact) mass is 336 g/mol. The molecule has 0 rings (SSSR count). The minimum atomic E-state index is -3.47. The lowest BCUT2D eigenvalue weighted by Gasteiger charge is -2.29. The molecule has 0 saturated carbocycles. The van der Waals surface area contributed by atoms with Crippen molar-refractivity contribution in [1.29, 1.82) is 0 Å². The summed E-state index contributed by atoms with van der Waals surface area (Å²) >= 11 is 0. The lowest BCUT2D eigenvalue weighted by Crippen LogP contribution is -2.53. The highest BCUT2D eigenvalue weighted by Crippen LogP contribution is 2.20. The quantitative estimate of drug-likeness (QED) is 0.517.